The number of piperidine rings is 1. The molecule has 0 amide bonds. The van der Waals surface area contributed by atoms with E-state index >= 15 is 0 Å². The number of anilines is 1. The molecule has 172 valence electrons. The summed E-state index contributed by atoms with van der Waals surface area (Å²) < 4.78 is 6.08. The third-order valence-corrected chi connectivity index (χ3v) is 6.52. The topological polar surface area (TPSA) is 68.5 Å². The monoisotopic (exact) mass is 453 g/mol. The van der Waals surface area contributed by atoms with E-state index < -0.39 is 4.92 Å². The Bertz CT molecular complexity index is 1270. The van der Waals surface area contributed by atoms with Crippen LogP contribution < -0.4 is 9.64 Å². The molecule has 0 atom stereocenters. The van der Waals surface area contributed by atoms with Gasteiger partial charge in [-0.1, -0.05) is 42.5 Å². The predicted molar refractivity (Wildman–Crippen MR) is 134 cm³/mol. The lowest BCUT2D eigenvalue weighted by Gasteiger charge is -2.33. The molecule has 0 bridgehead atoms. The molecule has 1 fully saturated rings. The summed E-state index contributed by atoms with van der Waals surface area (Å²) in [6.07, 6.45) is 3.46. The number of nitro benzene ring substituents is 1. The average Bonchev–Trinajstić information content (AvgIpc) is 2.88. The molecule has 34 heavy (non-hydrogen) atoms. The van der Waals surface area contributed by atoms with Crippen molar-refractivity contribution in [3.05, 3.63) is 106 Å². The Hall–Kier alpha value is -3.93. The van der Waals surface area contributed by atoms with Gasteiger partial charge in [-0.15, -0.1) is 0 Å². The van der Waals surface area contributed by atoms with Crippen LogP contribution in [0.4, 0.5) is 11.5 Å². The molecule has 2 heterocycles. The summed E-state index contributed by atoms with van der Waals surface area (Å²) in [6.45, 7) is 2.33. The van der Waals surface area contributed by atoms with E-state index in [-0.39, 0.29) is 5.69 Å². The summed E-state index contributed by atoms with van der Waals surface area (Å²) in [5.74, 6) is 2.41. The number of benzene rings is 3. The Morgan fingerprint density at radius 3 is 2.38 bits per heavy atom. The van der Waals surface area contributed by atoms with Gasteiger partial charge < -0.3 is 9.64 Å². The van der Waals surface area contributed by atoms with Crippen molar-refractivity contribution in [1.82, 2.24) is 4.98 Å². The highest BCUT2D eigenvalue weighted by Crippen LogP contribution is 2.30. The van der Waals surface area contributed by atoms with Gasteiger partial charge in [0.1, 0.15) is 23.7 Å². The molecule has 1 aliphatic rings. The number of rotatable bonds is 7. The zero-order chi connectivity index (χ0) is 23.3. The highest BCUT2D eigenvalue weighted by Gasteiger charge is 2.21. The fourth-order valence-corrected chi connectivity index (χ4v) is 4.59. The van der Waals surface area contributed by atoms with E-state index in [1.54, 1.807) is 12.1 Å². The molecule has 0 radical (unpaired) electrons. The van der Waals surface area contributed by atoms with Crippen molar-refractivity contribution in [1.29, 1.82) is 0 Å². The summed E-state index contributed by atoms with van der Waals surface area (Å²) in [4.78, 5) is 17.8. The average molecular weight is 454 g/mol. The van der Waals surface area contributed by atoms with Crippen LogP contribution in [0.2, 0.25) is 0 Å². The fraction of sp³-hybridized carbons (Fsp3) is 0.250. The molecular weight excluding hydrogens is 426 g/mol. The maximum Gasteiger partial charge on any atom is 0.269 e. The highest BCUT2D eigenvalue weighted by molar-refractivity contribution is 5.86. The smallest absolute Gasteiger partial charge is 0.269 e. The van der Waals surface area contributed by atoms with E-state index in [2.05, 4.69) is 47.4 Å². The molecule has 1 saturated heterocycles. The van der Waals surface area contributed by atoms with Gasteiger partial charge in [0.05, 0.1) is 4.92 Å². The van der Waals surface area contributed by atoms with Crippen LogP contribution in [0.15, 0.2) is 84.9 Å². The maximum absolute atomic E-state index is 10.9. The number of ether oxygens (including phenoxy) is 1. The fourth-order valence-electron chi connectivity index (χ4n) is 4.59. The van der Waals surface area contributed by atoms with Gasteiger partial charge in [-0.3, -0.25) is 10.1 Å². The van der Waals surface area contributed by atoms with Crippen LogP contribution in [0.3, 0.4) is 0 Å². The number of hydrogen-bond acceptors (Lipinski definition) is 5. The molecule has 0 unspecified atom stereocenters. The summed E-state index contributed by atoms with van der Waals surface area (Å²) in [7, 11) is 0. The highest BCUT2D eigenvalue weighted by atomic mass is 16.6. The van der Waals surface area contributed by atoms with Gasteiger partial charge in [-0.2, -0.15) is 0 Å². The van der Waals surface area contributed by atoms with Crippen molar-refractivity contribution in [2.24, 2.45) is 5.92 Å². The number of para-hydroxylation sites is 1. The predicted octanol–water partition coefficient (Wildman–Crippen LogP) is 6.18. The van der Waals surface area contributed by atoms with Gasteiger partial charge in [0.2, 0.25) is 0 Å². The van der Waals surface area contributed by atoms with Gasteiger partial charge in [-0.05, 0) is 66.6 Å². The zero-order valence-corrected chi connectivity index (χ0v) is 19.0. The standard InChI is InChI=1S/C28H27N3O3/c32-31(33)25-12-9-23(10-13-25)20-34-26-8-4-7-24-11-14-27(29-28(24)26)30-17-15-22(16-18-30)19-21-5-2-1-3-6-21/h1-14,22H,15-20H2. The van der Waals surface area contributed by atoms with E-state index in [1.807, 2.05) is 18.2 Å². The summed E-state index contributed by atoms with van der Waals surface area (Å²) in [6, 6.07) is 27.3. The van der Waals surface area contributed by atoms with Crippen molar-refractivity contribution in [3.63, 3.8) is 0 Å². The molecular formula is C28H27N3O3. The Kier molecular flexibility index (Phi) is 6.38. The molecule has 6 heteroatoms. The van der Waals surface area contributed by atoms with Crippen LogP contribution in [0, 0.1) is 16.0 Å². The first kappa shape index (κ1) is 21.9. The van der Waals surface area contributed by atoms with Crippen molar-refractivity contribution in [2.75, 3.05) is 18.0 Å². The van der Waals surface area contributed by atoms with Gasteiger partial charge in [0, 0.05) is 30.6 Å². The largest absolute Gasteiger partial charge is 0.487 e. The number of fused-ring (bicyclic) bond motifs is 1. The van der Waals surface area contributed by atoms with E-state index in [0.29, 0.717) is 12.5 Å². The number of non-ortho nitro benzene ring substituents is 1. The normalized spacial score (nSPS) is 14.3. The number of nitro groups is 1. The lowest BCUT2D eigenvalue weighted by molar-refractivity contribution is -0.384. The second-order valence-electron chi connectivity index (χ2n) is 8.83. The number of hydrogen-bond donors (Lipinski definition) is 0. The van der Waals surface area contributed by atoms with Gasteiger partial charge in [0.25, 0.3) is 5.69 Å². The molecule has 3 aromatic carbocycles. The van der Waals surface area contributed by atoms with Crippen molar-refractivity contribution >= 4 is 22.4 Å². The molecule has 0 aliphatic carbocycles. The summed E-state index contributed by atoms with van der Waals surface area (Å²) in [5.41, 5.74) is 3.21. The van der Waals surface area contributed by atoms with E-state index in [0.717, 1.165) is 60.4 Å². The number of aromatic nitrogens is 1. The van der Waals surface area contributed by atoms with Crippen LogP contribution in [0.25, 0.3) is 10.9 Å². The molecule has 0 spiro atoms. The van der Waals surface area contributed by atoms with Gasteiger partial charge in [-0.25, -0.2) is 4.98 Å². The van der Waals surface area contributed by atoms with E-state index in [1.165, 1.54) is 17.7 Å². The second kappa shape index (κ2) is 9.91. The lowest BCUT2D eigenvalue weighted by Crippen LogP contribution is -2.34. The van der Waals surface area contributed by atoms with Crippen LogP contribution in [0.5, 0.6) is 5.75 Å². The van der Waals surface area contributed by atoms with Crippen molar-refractivity contribution in [3.8, 4) is 5.75 Å². The van der Waals surface area contributed by atoms with Gasteiger partial charge >= 0.3 is 0 Å². The minimum atomic E-state index is -0.398. The zero-order valence-electron chi connectivity index (χ0n) is 19.0. The third kappa shape index (κ3) is 5.01. The van der Waals surface area contributed by atoms with Crippen LogP contribution in [-0.4, -0.2) is 23.0 Å². The minimum absolute atomic E-state index is 0.0766. The van der Waals surface area contributed by atoms with Crippen LogP contribution in [0.1, 0.15) is 24.0 Å². The van der Waals surface area contributed by atoms with Crippen molar-refractivity contribution < 1.29 is 9.66 Å². The first-order valence-electron chi connectivity index (χ1n) is 11.7. The summed E-state index contributed by atoms with van der Waals surface area (Å²) >= 11 is 0. The van der Waals surface area contributed by atoms with Crippen molar-refractivity contribution in [2.45, 2.75) is 25.9 Å². The lowest BCUT2D eigenvalue weighted by atomic mass is 9.90. The third-order valence-electron chi connectivity index (χ3n) is 6.52. The van der Waals surface area contributed by atoms with E-state index in [9.17, 15) is 10.1 Å². The van der Waals surface area contributed by atoms with Crippen LogP contribution >= 0.6 is 0 Å². The molecule has 0 N–H and O–H groups in total. The Morgan fingerprint density at radius 2 is 1.65 bits per heavy atom. The maximum atomic E-state index is 10.9. The van der Waals surface area contributed by atoms with E-state index in [4.69, 9.17) is 9.72 Å². The molecule has 1 aromatic heterocycles. The van der Waals surface area contributed by atoms with Gasteiger partial charge in [0.15, 0.2) is 0 Å². The summed E-state index contributed by atoms with van der Waals surface area (Å²) in [5, 5.41) is 11.9. The number of nitrogens with zero attached hydrogens (tertiary/aromatic N) is 3. The Balaban J connectivity index is 1.26. The Morgan fingerprint density at radius 1 is 0.882 bits per heavy atom. The second-order valence-corrected chi connectivity index (χ2v) is 8.83. The first-order valence-corrected chi connectivity index (χ1v) is 11.7. The minimum Gasteiger partial charge on any atom is -0.487 e. The molecule has 5 rings (SSSR count). The molecule has 4 aromatic rings. The quantitative estimate of drug-likeness (QED) is 0.247. The van der Waals surface area contributed by atoms with Crippen LogP contribution in [-0.2, 0) is 13.0 Å². The SMILES string of the molecule is O=[N+]([O-])c1ccc(COc2cccc3ccc(N4CCC(Cc5ccccc5)CC4)nc23)cc1. The molecule has 6 nitrogen and oxygen atoms in total. The Labute approximate surface area is 199 Å². The first-order chi connectivity index (χ1) is 16.7. The molecule has 0 saturated carbocycles. The number of pyridine rings is 1. The molecule has 1 aliphatic heterocycles.